The zero-order valence-corrected chi connectivity index (χ0v) is 15.7. The number of thiophene rings is 1. The molecule has 26 heavy (non-hydrogen) atoms. The van der Waals surface area contributed by atoms with Gasteiger partial charge in [0, 0.05) is 18.2 Å². The Hall–Kier alpha value is -2.18. The number of nitrogens with one attached hydrogen (secondary N) is 1. The van der Waals surface area contributed by atoms with Crippen LogP contribution in [0, 0.1) is 0 Å². The molecule has 2 aromatic heterocycles. The van der Waals surface area contributed by atoms with Crippen molar-refractivity contribution in [2.75, 3.05) is 25.1 Å². The van der Waals surface area contributed by atoms with Gasteiger partial charge in [-0.25, -0.2) is 4.68 Å². The first-order chi connectivity index (χ1) is 12.8. The Bertz CT molecular complexity index is 966. The van der Waals surface area contributed by atoms with E-state index in [0.717, 1.165) is 63.7 Å². The first-order valence-electron chi connectivity index (χ1n) is 8.81. The van der Waals surface area contributed by atoms with Crippen LogP contribution in [0.4, 0.5) is 5.82 Å². The SMILES string of the molecule is Clc1ccc(-c2nn(-c3ccc4c(c3)OCCO4)c3c2CCCCN3)s1. The molecule has 0 bridgehead atoms. The Morgan fingerprint density at radius 2 is 1.96 bits per heavy atom. The molecule has 0 saturated heterocycles. The van der Waals surface area contributed by atoms with Crippen LogP contribution in [0.1, 0.15) is 18.4 Å². The molecule has 2 aliphatic heterocycles. The van der Waals surface area contributed by atoms with Crippen molar-refractivity contribution >= 4 is 28.8 Å². The van der Waals surface area contributed by atoms with Crippen molar-refractivity contribution in [3.63, 3.8) is 0 Å². The molecule has 4 heterocycles. The number of hydrogen-bond donors (Lipinski definition) is 1. The third-order valence-corrected chi connectivity index (χ3v) is 5.94. The van der Waals surface area contributed by atoms with E-state index in [1.54, 1.807) is 11.3 Å². The number of nitrogens with zero attached hydrogens (tertiary/aromatic N) is 2. The van der Waals surface area contributed by atoms with Gasteiger partial charge >= 0.3 is 0 Å². The van der Waals surface area contributed by atoms with Crippen molar-refractivity contribution < 1.29 is 9.47 Å². The Morgan fingerprint density at radius 3 is 2.81 bits per heavy atom. The van der Waals surface area contributed by atoms with Crippen molar-refractivity contribution in [1.82, 2.24) is 9.78 Å². The highest BCUT2D eigenvalue weighted by Gasteiger charge is 2.23. The standard InChI is InChI=1S/C19H18ClN3O2S/c20-17-7-6-16(26-17)18-13-3-1-2-8-21-19(13)23(22-18)12-4-5-14-15(11-12)25-10-9-24-14/h4-7,11,21H,1-3,8-10H2. The van der Waals surface area contributed by atoms with E-state index in [-0.39, 0.29) is 0 Å². The third kappa shape index (κ3) is 2.73. The quantitative estimate of drug-likeness (QED) is 0.687. The largest absolute Gasteiger partial charge is 0.486 e. The van der Waals surface area contributed by atoms with E-state index < -0.39 is 0 Å². The highest BCUT2D eigenvalue weighted by atomic mass is 35.5. The molecule has 3 aromatic rings. The van der Waals surface area contributed by atoms with Crippen LogP contribution in [0.3, 0.4) is 0 Å². The van der Waals surface area contributed by atoms with Gasteiger partial charge in [-0.3, -0.25) is 0 Å². The van der Waals surface area contributed by atoms with Crippen LogP contribution in [0.2, 0.25) is 4.34 Å². The number of hydrogen-bond acceptors (Lipinski definition) is 5. The van der Waals surface area contributed by atoms with Crippen molar-refractivity contribution in [3.05, 3.63) is 40.2 Å². The number of ether oxygens (including phenoxy) is 2. The van der Waals surface area contributed by atoms with Gasteiger partial charge in [0.15, 0.2) is 11.5 Å². The van der Waals surface area contributed by atoms with Crippen LogP contribution in [0.15, 0.2) is 30.3 Å². The van der Waals surface area contributed by atoms with Gasteiger partial charge in [-0.15, -0.1) is 11.3 Å². The zero-order chi connectivity index (χ0) is 17.5. The molecular formula is C19H18ClN3O2S. The van der Waals surface area contributed by atoms with Crippen molar-refractivity contribution in [2.45, 2.75) is 19.3 Å². The van der Waals surface area contributed by atoms with Gasteiger partial charge in [-0.05, 0) is 43.5 Å². The van der Waals surface area contributed by atoms with Crippen molar-refractivity contribution in [3.8, 4) is 27.8 Å². The Kier molecular flexibility index (Phi) is 4.02. The van der Waals surface area contributed by atoms with E-state index in [1.165, 1.54) is 5.56 Å². The molecule has 0 spiro atoms. The second-order valence-corrected chi connectivity index (χ2v) is 8.12. The minimum Gasteiger partial charge on any atom is -0.486 e. The van der Waals surface area contributed by atoms with E-state index in [0.29, 0.717) is 13.2 Å². The van der Waals surface area contributed by atoms with Gasteiger partial charge in [0.2, 0.25) is 0 Å². The Labute approximate surface area is 160 Å². The molecule has 0 unspecified atom stereocenters. The molecule has 7 heteroatoms. The number of anilines is 1. The van der Waals surface area contributed by atoms with Crippen LogP contribution in [0.25, 0.3) is 16.3 Å². The predicted molar refractivity (Wildman–Crippen MR) is 104 cm³/mol. The maximum atomic E-state index is 6.17. The summed E-state index contributed by atoms with van der Waals surface area (Å²) < 4.78 is 14.2. The van der Waals surface area contributed by atoms with E-state index in [9.17, 15) is 0 Å². The number of rotatable bonds is 2. The first-order valence-corrected chi connectivity index (χ1v) is 10.0. The molecule has 1 aromatic carbocycles. The van der Waals surface area contributed by atoms with Crippen LogP contribution in [-0.4, -0.2) is 29.5 Å². The lowest BCUT2D eigenvalue weighted by Crippen LogP contribution is -2.15. The summed E-state index contributed by atoms with van der Waals surface area (Å²) >= 11 is 7.74. The third-order valence-electron chi connectivity index (χ3n) is 4.71. The minimum absolute atomic E-state index is 0.574. The molecule has 0 atom stereocenters. The molecule has 5 nitrogen and oxygen atoms in total. The zero-order valence-electron chi connectivity index (χ0n) is 14.1. The molecule has 0 amide bonds. The summed E-state index contributed by atoms with van der Waals surface area (Å²) in [5.41, 5.74) is 3.24. The fourth-order valence-electron chi connectivity index (χ4n) is 3.49. The topological polar surface area (TPSA) is 48.3 Å². The molecule has 1 N–H and O–H groups in total. The maximum absolute atomic E-state index is 6.17. The molecule has 134 valence electrons. The van der Waals surface area contributed by atoms with E-state index in [1.807, 2.05) is 28.9 Å². The van der Waals surface area contributed by atoms with Crippen LogP contribution < -0.4 is 14.8 Å². The number of halogens is 1. The summed E-state index contributed by atoms with van der Waals surface area (Å²) in [5.74, 6) is 2.63. The molecule has 0 aliphatic carbocycles. The fraction of sp³-hybridized carbons (Fsp3) is 0.316. The smallest absolute Gasteiger partial charge is 0.163 e. The van der Waals surface area contributed by atoms with Crippen molar-refractivity contribution in [1.29, 1.82) is 0 Å². The van der Waals surface area contributed by atoms with E-state index in [2.05, 4.69) is 11.4 Å². The molecule has 0 fully saturated rings. The average molecular weight is 388 g/mol. The number of benzene rings is 1. The molecule has 0 radical (unpaired) electrons. The fourth-order valence-corrected chi connectivity index (χ4v) is 4.55. The summed E-state index contributed by atoms with van der Waals surface area (Å²) in [7, 11) is 0. The van der Waals surface area contributed by atoms with Gasteiger partial charge in [-0.2, -0.15) is 5.10 Å². The van der Waals surface area contributed by atoms with Gasteiger partial charge in [0.05, 0.1) is 14.9 Å². The Morgan fingerprint density at radius 1 is 1.08 bits per heavy atom. The highest BCUT2D eigenvalue weighted by molar-refractivity contribution is 7.19. The molecule has 2 aliphatic rings. The lowest BCUT2D eigenvalue weighted by molar-refractivity contribution is 0.171. The van der Waals surface area contributed by atoms with E-state index in [4.69, 9.17) is 26.2 Å². The van der Waals surface area contributed by atoms with Crippen LogP contribution >= 0.6 is 22.9 Å². The molecule has 0 saturated carbocycles. The Balaban J connectivity index is 1.66. The normalized spacial score (nSPS) is 15.9. The lowest BCUT2D eigenvalue weighted by Gasteiger charge is -2.19. The van der Waals surface area contributed by atoms with Gasteiger partial charge in [-0.1, -0.05) is 11.6 Å². The lowest BCUT2D eigenvalue weighted by atomic mass is 10.1. The van der Waals surface area contributed by atoms with Gasteiger partial charge in [0.25, 0.3) is 0 Å². The summed E-state index contributed by atoms with van der Waals surface area (Å²) in [6.45, 7) is 2.12. The summed E-state index contributed by atoms with van der Waals surface area (Å²) in [5, 5.41) is 8.52. The summed E-state index contributed by atoms with van der Waals surface area (Å²) in [6.07, 6.45) is 3.32. The summed E-state index contributed by atoms with van der Waals surface area (Å²) in [4.78, 5) is 1.10. The highest BCUT2D eigenvalue weighted by Crippen LogP contribution is 2.39. The van der Waals surface area contributed by atoms with Gasteiger partial charge < -0.3 is 14.8 Å². The minimum atomic E-state index is 0.574. The van der Waals surface area contributed by atoms with Crippen LogP contribution in [-0.2, 0) is 6.42 Å². The second kappa shape index (κ2) is 6.52. The second-order valence-electron chi connectivity index (χ2n) is 6.40. The first kappa shape index (κ1) is 16.0. The van der Waals surface area contributed by atoms with Gasteiger partial charge in [0.1, 0.15) is 24.7 Å². The average Bonchev–Trinajstić information content (AvgIpc) is 3.16. The predicted octanol–water partition coefficient (Wildman–Crippen LogP) is 4.77. The number of aromatic nitrogens is 2. The maximum Gasteiger partial charge on any atom is 0.163 e. The van der Waals surface area contributed by atoms with E-state index >= 15 is 0 Å². The molecule has 5 rings (SSSR count). The summed E-state index contributed by atoms with van der Waals surface area (Å²) in [6, 6.07) is 9.96. The number of fused-ring (bicyclic) bond motifs is 2. The monoisotopic (exact) mass is 387 g/mol. The molecular weight excluding hydrogens is 370 g/mol. The van der Waals surface area contributed by atoms with Crippen molar-refractivity contribution in [2.24, 2.45) is 0 Å². The van der Waals surface area contributed by atoms with Crippen LogP contribution in [0.5, 0.6) is 11.5 Å².